The van der Waals surface area contributed by atoms with E-state index < -0.39 is 0 Å². The largest absolute Gasteiger partial charge is 0.338 e. The van der Waals surface area contributed by atoms with Gasteiger partial charge in [-0.2, -0.15) is 0 Å². The molecule has 136 valence electrons. The minimum absolute atomic E-state index is 0.0352. The molecule has 2 aromatic rings. The van der Waals surface area contributed by atoms with Crippen molar-refractivity contribution in [1.82, 2.24) is 15.6 Å². The van der Waals surface area contributed by atoms with Crippen LogP contribution in [0.5, 0.6) is 0 Å². The molecule has 5 heteroatoms. The summed E-state index contributed by atoms with van der Waals surface area (Å²) in [4.78, 5) is 16.9. The number of carbonyl (C=O) groups excluding carboxylic acids is 1. The lowest BCUT2D eigenvalue weighted by atomic mass is 9.97. The van der Waals surface area contributed by atoms with Crippen LogP contribution >= 0.6 is 11.3 Å². The Morgan fingerprint density at radius 2 is 1.88 bits per heavy atom. The molecule has 4 nitrogen and oxygen atoms in total. The summed E-state index contributed by atoms with van der Waals surface area (Å²) in [7, 11) is 0. The summed E-state index contributed by atoms with van der Waals surface area (Å²) >= 11 is 1.69. The Kier molecular flexibility index (Phi) is 7.44. The summed E-state index contributed by atoms with van der Waals surface area (Å²) in [5.41, 5.74) is 2.20. The molecule has 0 fully saturated rings. The number of hydrogen-bond acceptors (Lipinski definition) is 3. The molecule has 0 spiro atoms. The number of hydrogen-bond donors (Lipinski definition) is 2. The number of aromatic nitrogens is 1. The van der Waals surface area contributed by atoms with E-state index in [0.717, 1.165) is 29.1 Å². The minimum Gasteiger partial charge on any atom is -0.338 e. The van der Waals surface area contributed by atoms with Gasteiger partial charge in [-0.1, -0.05) is 58.0 Å². The number of thiazole rings is 1. The number of carbonyl (C=O) groups is 1. The normalized spacial score (nSPS) is 12.4. The Hall–Kier alpha value is -1.88. The second-order valence-electron chi connectivity index (χ2n) is 7.07. The van der Waals surface area contributed by atoms with Gasteiger partial charge in [0.05, 0.1) is 16.7 Å². The first-order valence-electron chi connectivity index (χ1n) is 8.99. The van der Waals surface area contributed by atoms with E-state index in [-0.39, 0.29) is 12.1 Å². The van der Waals surface area contributed by atoms with E-state index in [0.29, 0.717) is 18.4 Å². The highest BCUT2D eigenvalue weighted by atomic mass is 32.1. The van der Waals surface area contributed by atoms with Crippen LogP contribution in [0, 0.1) is 5.92 Å². The Labute approximate surface area is 155 Å². The Morgan fingerprint density at radius 3 is 2.48 bits per heavy atom. The molecule has 0 aliphatic heterocycles. The van der Waals surface area contributed by atoms with Crippen LogP contribution in [0.3, 0.4) is 0 Å². The lowest BCUT2D eigenvalue weighted by molar-refractivity contribution is 0.235. The van der Waals surface area contributed by atoms with E-state index in [4.69, 9.17) is 0 Å². The summed E-state index contributed by atoms with van der Waals surface area (Å²) in [6.45, 7) is 9.23. The quantitative estimate of drug-likeness (QED) is 0.704. The molecule has 0 saturated heterocycles. The monoisotopic (exact) mass is 359 g/mol. The zero-order valence-electron chi connectivity index (χ0n) is 15.6. The number of nitrogens with one attached hydrogen (secondary N) is 2. The molecule has 25 heavy (non-hydrogen) atoms. The topological polar surface area (TPSA) is 54.0 Å². The van der Waals surface area contributed by atoms with Gasteiger partial charge in [-0.15, -0.1) is 11.3 Å². The van der Waals surface area contributed by atoms with Gasteiger partial charge in [0.25, 0.3) is 0 Å². The maximum absolute atomic E-state index is 12.3. The van der Waals surface area contributed by atoms with Gasteiger partial charge >= 0.3 is 6.03 Å². The average molecular weight is 360 g/mol. The van der Waals surface area contributed by atoms with Crippen LogP contribution in [0.4, 0.5) is 4.79 Å². The summed E-state index contributed by atoms with van der Waals surface area (Å²) in [6.07, 6.45) is 1.68. The highest BCUT2D eigenvalue weighted by Crippen LogP contribution is 2.21. The molecular formula is C20H29N3OS. The molecule has 1 aromatic heterocycles. The highest BCUT2D eigenvalue weighted by molar-refractivity contribution is 7.09. The first kappa shape index (κ1) is 19.4. The first-order valence-corrected chi connectivity index (χ1v) is 9.87. The van der Waals surface area contributed by atoms with Crippen LogP contribution in [0.25, 0.3) is 0 Å². The molecule has 2 rings (SSSR count). The standard InChI is InChI=1S/C20H29N3OS/c1-14(2)12-18(16-8-6-5-7-9-16)23-20(24)21-11-10-17-13-25-19(22-17)15(3)4/h5-9,13-15,18H,10-12H2,1-4H3,(H2,21,23,24)/t18-/m0/s1. The summed E-state index contributed by atoms with van der Waals surface area (Å²) in [5.74, 6) is 0.965. The van der Waals surface area contributed by atoms with E-state index in [1.165, 1.54) is 0 Å². The van der Waals surface area contributed by atoms with Crippen molar-refractivity contribution in [1.29, 1.82) is 0 Å². The molecule has 0 unspecified atom stereocenters. The molecular weight excluding hydrogens is 330 g/mol. The zero-order chi connectivity index (χ0) is 18.2. The van der Waals surface area contributed by atoms with Gasteiger partial charge in [0.2, 0.25) is 0 Å². The van der Waals surface area contributed by atoms with Crippen molar-refractivity contribution in [2.75, 3.05) is 6.54 Å². The predicted molar refractivity (Wildman–Crippen MR) is 105 cm³/mol. The molecule has 1 aromatic carbocycles. The Balaban J connectivity index is 1.84. The fourth-order valence-corrected chi connectivity index (χ4v) is 3.52. The van der Waals surface area contributed by atoms with Crippen molar-refractivity contribution in [3.63, 3.8) is 0 Å². The minimum atomic E-state index is -0.117. The fraction of sp³-hybridized carbons (Fsp3) is 0.500. The van der Waals surface area contributed by atoms with Crippen LogP contribution < -0.4 is 10.6 Å². The lowest BCUT2D eigenvalue weighted by Crippen LogP contribution is -2.39. The zero-order valence-corrected chi connectivity index (χ0v) is 16.4. The van der Waals surface area contributed by atoms with Gasteiger partial charge in [0, 0.05) is 24.3 Å². The highest BCUT2D eigenvalue weighted by Gasteiger charge is 2.15. The van der Waals surface area contributed by atoms with Crippen molar-refractivity contribution in [3.8, 4) is 0 Å². The number of rotatable bonds is 8. The second-order valence-corrected chi connectivity index (χ2v) is 7.96. The molecule has 0 bridgehead atoms. The second kappa shape index (κ2) is 9.56. The van der Waals surface area contributed by atoms with Crippen molar-refractivity contribution in [3.05, 3.63) is 52.0 Å². The number of amides is 2. The van der Waals surface area contributed by atoms with E-state index in [9.17, 15) is 4.79 Å². The third kappa shape index (κ3) is 6.50. The van der Waals surface area contributed by atoms with Gasteiger partial charge in [-0.3, -0.25) is 0 Å². The molecule has 0 radical (unpaired) electrons. The van der Waals surface area contributed by atoms with E-state index >= 15 is 0 Å². The maximum Gasteiger partial charge on any atom is 0.315 e. The SMILES string of the molecule is CC(C)C[C@H](NC(=O)NCCc1csc(C(C)C)n1)c1ccccc1. The molecule has 0 aliphatic carbocycles. The maximum atomic E-state index is 12.3. The van der Waals surface area contributed by atoms with Gasteiger partial charge in [-0.05, 0) is 17.9 Å². The summed E-state index contributed by atoms with van der Waals surface area (Å²) in [6, 6.07) is 10.1. The van der Waals surface area contributed by atoms with Crippen LogP contribution in [0.15, 0.2) is 35.7 Å². The van der Waals surface area contributed by atoms with Crippen molar-refractivity contribution in [2.24, 2.45) is 5.92 Å². The van der Waals surface area contributed by atoms with E-state index in [1.807, 2.05) is 18.2 Å². The van der Waals surface area contributed by atoms with Crippen molar-refractivity contribution in [2.45, 2.75) is 52.5 Å². The van der Waals surface area contributed by atoms with Gasteiger partial charge in [0.15, 0.2) is 0 Å². The molecule has 2 N–H and O–H groups in total. The lowest BCUT2D eigenvalue weighted by Gasteiger charge is -2.21. The van der Waals surface area contributed by atoms with Gasteiger partial charge < -0.3 is 10.6 Å². The molecule has 2 amide bonds. The number of urea groups is 1. The van der Waals surface area contributed by atoms with E-state index in [2.05, 4.69) is 60.8 Å². The van der Waals surface area contributed by atoms with E-state index in [1.54, 1.807) is 11.3 Å². The summed E-state index contributed by atoms with van der Waals surface area (Å²) < 4.78 is 0. The van der Waals surface area contributed by atoms with Crippen molar-refractivity contribution < 1.29 is 4.79 Å². The third-order valence-corrected chi connectivity index (χ3v) is 5.14. The van der Waals surface area contributed by atoms with Crippen molar-refractivity contribution >= 4 is 17.4 Å². The smallest absolute Gasteiger partial charge is 0.315 e. The van der Waals surface area contributed by atoms with Gasteiger partial charge in [0.1, 0.15) is 0 Å². The average Bonchev–Trinajstić information content (AvgIpc) is 3.04. The predicted octanol–water partition coefficient (Wildman–Crippen LogP) is 4.90. The molecule has 1 heterocycles. The number of nitrogens with zero attached hydrogens (tertiary/aromatic N) is 1. The van der Waals surface area contributed by atoms with Crippen LogP contribution in [-0.4, -0.2) is 17.6 Å². The summed E-state index contributed by atoms with van der Waals surface area (Å²) in [5, 5.41) is 9.30. The molecule has 1 atom stereocenters. The van der Waals surface area contributed by atoms with Gasteiger partial charge in [-0.25, -0.2) is 9.78 Å². The molecule has 0 aliphatic rings. The van der Waals surface area contributed by atoms with Crippen LogP contribution in [0.2, 0.25) is 0 Å². The fourth-order valence-electron chi connectivity index (χ4n) is 2.65. The number of benzene rings is 1. The van der Waals surface area contributed by atoms with Crippen LogP contribution in [-0.2, 0) is 6.42 Å². The third-order valence-electron chi connectivity index (χ3n) is 3.94. The molecule has 0 saturated carbocycles. The Bertz CT molecular complexity index is 652. The first-order chi connectivity index (χ1) is 12.0. The van der Waals surface area contributed by atoms with Crippen LogP contribution in [0.1, 0.15) is 62.3 Å². The Morgan fingerprint density at radius 1 is 1.16 bits per heavy atom.